The Morgan fingerprint density at radius 2 is 1.88 bits per heavy atom. The highest BCUT2D eigenvalue weighted by atomic mass is 35.5. The molecule has 2 aromatic rings. The van der Waals surface area contributed by atoms with E-state index in [4.69, 9.17) is 27.9 Å². The summed E-state index contributed by atoms with van der Waals surface area (Å²) in [6.45, 7) is -0.265. The van der Waals surface area contributed by atoms with Gasteiger partial charge in [0.1, 0.15) is 10.8 Å². The van der Waals surface area contributed by atoms with Crippen LogP contribution in [0.2, 0.25) is 10.0 Å². The van der Waals surface area contributed by atoms with Crippen molar-refractivity contribution < 1.29 is 19.1 Å². The Hall–Kier alpha value is -2.57. The lowest BCUT2D eigenvalue weighted by atomic mass is 10.1. The van der Waals surface area contributed by atoms with E-state index in [9.17, 15) is 9.59 Å². The predicted molar refractivity (Wildman–Crippen MR) is 95.5 cm³/mol. The lowest BCUT2D eigenvalue weighted by Crippen LogP contribution is -2.24. The van der Waals surface area contributed by atoms with Crippen LogP contribution in [0.3, 0.4) is 0 Å². The van der Waals surface area contributed by atoms with Gasteiger partial charge in [-0.2, -0.15) is 5.10 Å². The van der Waals surface area contributed by atoms with E-state index in [0.717, 1.165) is 0 Å². The number of rotatable bonds is 6. The summed E-state index contributed by atoms with van der Waals surface area (Å²) in [5.41, 5.74) is 3.45. The lowest BCUT2D eigenvalue weighted by molar-refractivity contribution is -0.123. The second kappa shape index (κ2) is 9.05. The standard InChI is InChI=1S/C17H14Cl2N2O4/c1-24-17(23)12-7-5-11(6-8-12)9-20-21-15(22)10-25-14-4-2-3-13(18)16(14)19/h2-9H,10H2,1H3,(H,21,22)/b20-9-. The van der Waals surface area contributed by atoms with Crippen molar-refractivity contribution in [1.29, 1.82) is 0 Å². The first kappa shape index (κ1) is 18.8. The molecule has 130 valence electrons. The van der Waals surface area contributed by atoms with Gasteiger partial charge in [-0.15, -0.1) is 0 Å². The number of benzene rings is 2. The van der Waals surface area contributed by atoms with E-state index in [-0.39, 0.29) is 11.6 Å². The van der Waals surface area contributed by atoms with Gasteiger partial charge in [-0.05, 0) is 29.8 Å². The number of nitrogens with one attached hydrogen (secondary N) is 1. The zero-order valence-corrected chi connectivity index (χ0v) is 14.7. The molecule has 25 heavy (non-hydrogen) atoms. The molecule has 2 aromatic carbocycles. The number of hydrogen-bond acceptors (Lipinski definition) is 5. The number of amides is 1. The minimum Gasteiger partial charge on any atom is -0.482 e. The van der Waals surface area contributed by atoms with Gasteiger partial charge in [0.15, 0.2) is 6.61 Å². The number of ether oxygens (including phenoxy) is 2. The van der Waals surface area contributed by atoms with Crippen LogP contribution in [0, 0.1) is 0 Å². The zero-order chi connectivity index (χ0) is 18.2. The molecule has 0 atom stereocenters. The Kier molecular flexibility index (Phi) is 6.80. The van der Waals surface area contributed by atoms with Crippen LogP contribution in [0.15, 0.2) is 47.6 Å². The van der Waals surface area contributed by atoms with Gasteiger partial charge in [0.2, 0.25) is 0 Å². The van der Waals surface area contributed by atoms with Crippen LogP contribution < -0.4 is 10.2 Å². The third-order valence-electron chi connectivity index (χ3n) is 3.01. The Morgan fingerprint density at radius 1 is 1.16 bits per heavy atom. The maximum atomic E-state index is 11.7. The molecule has 8 heteroatoms. The summed E-state index contributed by atoms with van der Waals surface area (Å²) in [5, 5.41) is 4.39. The molecule has 0 aliphatic rings. The third-order valence-corrected chi connectivity index (χ3v) is 3.81. The van der Waals surface area contributed by atoms with Gasteiger partial charge in [-0.1, -0.05) is 41.4 Å². The Bertz CT molecular complexity index is 792. The third kappa shape index (κ3) is 5.48. The molecule has 1 amide bonds. The van der Waals surface area contributed by atoms with Crippen LogP contribution in [-0.2, 0) is 9.53 Å². The molecule has 0 spiro atoms. The summed E-state index contributed by atoms with van der Waals surface area (Å²) in [6.07, 6.45) is 1.44. The Labute approximate surface area is 154 Å². The molecule has 0 aliphatic heterocycles. The second-order valence-corrected chi connectivity index (χ2v) is 5.53. The van der Waals surface area contributed by atoms with Crippen LogP contribution >= 0.6 is 23.2 Å². The first-order valence-electron chi connectivity index (χ1n) is 7.08. The minimum atomic E-state index is -0.460. The van der Waals surface area contributed by atoms with E-state index in [1.165, 1.54) is 13.3 Å². The molecular weight excluding hydrogens is 367 g/mol. The highest BCUT2D eigenvalue weighted by Crippen LogP contribution is 2.31. The molecule has 0 saturated carbocycles. The molecule has 0 radical (unpaired) electrons. The van der Waals surface area contributed by atoms with E-state index in [1.54, 1.807) is 42.5 Å². The van der Waals surface area contributed by atoms with Gasteiger partial charge in [-0.3, -0.25) is 4.79 Å². The molecule has 0 fully saturated rings. The molecule has 0 aliphatic carbocycles. The summed E-state index contributed by atoms with van der Waals surface area (Å²) in [7, 11) is 1.31. The molecule has 0 saturated heterocycles. The lowest BCUT2D eigenvalue weighted by Gasteiger charge is -2.07. The fourth-order valence-electron chi connectivity index (χ4n) is 1.77. The highest BCUT2D eigenvalue weighted by molar-refractivity contribution is 6.42. The van der Waals surface area contributed by atoms with Crippen LogP contribution in [0.25, 0.3) is 0 Å². The predicted octanol–water partition coefficient (Wildman–Crippen LogP) is 3.31. The molecule has 6 nitrogen and oxygen atoms in total. The van der Waals surface area contributed by atoms with Gasteiger partial charge in [0, 0.05) is 0 Å². The van der Waals surface area contributed by atoms with E-state index >= 15 is 0 Å². The molecule has 1 N–H and O–H groups in total. The van der Waals surface area contributed by atoms with Crippen molar-refractivity contribution in [3.63, 3.8) is 0 Å². The van der Waals surface area contributed by atoms with E-state index in [1.807, 2.05) is 0 Å². The number of hydrazone groups is 1. The van der Waals surface area contributed by atoms with Gasteiger partial charge in [0.25, 0.3) is 5.91 Å². The van der Waals surface area contributed by atoms with E-state index in [0.29, 0.717) is 21.9 Å². The number of halogens is 2. The maximum absolute atomic E-state index is 11.7. The molecule has 2 rings (SSSR count). The highest BCUT2D eigenvalue weighted by Gasteiger charge is 2.08. The fraction of sp³-hybridized carbons (Fsp3) is 0.118. The number of methoxy groups -OCH3 is 1. The number of esters is 1. The first-order valence-corrected chi connectivity index (χ1v) is 7.84. The second-order valence-electron chi connectivity index (χ2n) is 4.75. The van der Waals surface area contributed by atoms with Crippen molar-refractivity contribution in [3.8, 4) is 5.75 Å². The van der Waals surface area contributed by atoms with Crippen LogP contribution in [-0.4, -0.2) is 31.8 Å². The maximum Gasteiger partial charge on any atom is 0.337 e. The van der Waals surface area contributed by atoms with Crippen molar-refractivity contribution in [2.45, 2.75) is 0 Å². The molecule has 0 heterocycles. The van der Waals surface area contributed by atoms with Crippen molar-refractivity contribution in [2.75, 3.05) is 13.7 Å². The Balaban J connectivity index is 1.84. The smallest absolute Gasteiger partial charge is 0.337 e. The van der Waals surface area contributed by atoms with Gasteiger partial charge < -0.3 is 9.47 Å². The normalized spacial score (nSPS) is 10.5. The van der Waals surface area contributed by atoms with Crippen molar-refractivity contribution >= 4 is 41.3 Å². The summed E-state index contributed by atoms with van der Waals surface area (Å²) in [4.78, 5) is 23.0. The molecule has 0 unspecified atom stereocenters. The SMILES string of the molecule is COC(=O)c1ccc(/C=N\NC(=O)COc2cccc(Cl)c2Cl)cc1. The van der Waals surface area contributed by atoms with E-state index in [2.05, 4.69) is 15.3 Å². The van der Waals surface area contributed by atoms with Crippen LogP contribution in [0.5, 0.6) is 5.75 Å². The van der Waals surface area contributed by atoms with Crippen molar-refractivity contribution in [3.05, 3.63) is 63.6 Å². The number of carbonyl (C=O) groups is 2. The quantitative estimate of drug-likeness (QED) is 0.473. The summed E-state index contributed by atoms with van der Waals surface area (Å²) in [6, 6.07) is 11.4. The molecule has 0 bridgehead atoms. The topological polar surface area (TPSA) is 77.0 Å². The summed E-state index contributed by atoms with van der Waals surface area (Å²) in [5.74, 6) is -0.571. The number of nitrogens with zero attached hydrogens (tertiary/aromatic N) is 1. The van der Waals surface area contributed by atoms with Gasteiger partial charge >= 0.3 is 5.97 Å². The van der Waals surface area contributed by atoms with Gasteiger partial charge in [0.05, 0.1) is 23.9 Å². The average Bonchev–Trinajstić information content (AvgIpc) is 2.63. The van der Waals surface area contributed by atoms with Crippen LogP contribution in [0.1, 0.15) is 15.9 Å². The summed E-state index contributed by atoms with van der Waals surface area (Å²) >= 11 is 11.8. The number of hydrogen-bond donors (Lipinski definition) is 1. The van der Waals surface area contributed by atoms with Crippen LogP contribution in [0.4, 0.5) is 0 Å². The monoisotopic (exact) mass is 380 g/mol. The van der Waals surface area contributed by atoms with Crippen molar-refractivity contribution in [1.82, 2.24) is 5.43 Å². The largest absolute Gasteiger partial charge is 0.482 e. The molecule has 0 aromatic heterocycles. The summed E-state index contributed by atoms with van der Waals surface area (Å²) < 4.78 is 9.89. The zero-order valence-electron chi connectivity index (χ0n) is 13.2. The number of carbonyl (C=O) groups excluding carboxylic acids is 2. The average molecular weight is 381 g/mol. The minimum absolute atomic E-state index is 0.242. The Morgan fingerprint density at radius 3 is 2.56 bits per heavy atom. The van der Waals surface area contributed by atoms with E-state index < -0.39 is 11.9 Å². The first-order chi connectivity index (χ1) is 12.0. The van der Waals surface area contributed by atoms with Gasteiger partial charge in [-0.25, -0.2) is 10.2 Å². The fourth-order valence-corrected chi connectivity index (χ4v) is 2.12. The molecular formula is C17H14Cl2N2O4. The van der Waals surface area contributed by atoms with Crippen molar-refractivity contribution in [2.24, 2.45) is 5.10 Å².